The number of nitrogens with two attached hydrogens (primary N) is 2. The number of hydrogen-bond donors (Lipinski definition) is 4. The van der Waals surface area contributed by atoms with Gasteiger partial charge in [0, 0.05) is 75.0 Å². The van der Waals surface area contributed by atoms with Crippen molar-refractivity contribution in [2.75, 3.05) is 48.1 Å². The molecule has 0 aliphatic carbocycles. The zero-order valence-corrected chi connectivity index (χ0v) is 40.6. The number of piperidine rings is 3. The molecule has 4 aliphatic heterocycles. The van der Waals surface area contributed by atoms with E-state index in [4.69, 9.17) is 31.0 Å². The second-order valence-corrected chi connectivity index (χ2v) is 19.2. The number of likely N-dealkylation sites (tertiary alicyclic amines) is 1. The van der Waals surface area contributed by atoms with Crippen LogP contribution < -0.4 is 31.1 Å². The number of ether oxygens (including phenoxy) is 2. The quantitative estimate of drug-likeness (QED) is 0.0775. The third-order valence-electron chi connectivity index (χ3n) is 13.6. The van der Waals surface area contributed by atoms with Gasteiger partial charge in [0.25, 0.3) is 11.8 Å². The van der Waals surface area contributed by atoms with E-state index in [1.165, 1.54) is 36.5 Å². The Hall–Kier alpha value is -7.66. The number of alkyl halides is 2. The minimum Gasteiger partial charge on any atom is -0.484 e. The Morgan fingerprint density at radius 1 is 1.00 bits per heavy atom. The smallest absolute Gasteiger partial charge is 0.330 e. The summed E-state index contributed by atoms with van der Waals surface area (Å²) in [5, 5.41) is 7.46. The average molecular weight is 1020 g/mol. The number of carbonyl (C=O) groups excluding carboxylic acids is 5. The van der Waals surface area contributed by atoms with Gasteiger partial charge in [-0.1, -0.05) is 24.3 Å². The van der Waals surface area contributed by atoms with Gasteiger partial charge in [0.1, 0.15) is 41.8 Å². The number of aryl methyl sites for hydroxylation is 1. The third-order valence-corrected chi connectivity index (χ3v) is 14.3. The van der Waals surface area contributed by atoms with Crippen LogP contribution in [0.25, 0.3) is 27.7 Å². The van der Waals surface area contributed by atoms with Gasteiger partial charge in [0.15, 0.2) is 11.0 Å². The molecule has 3 atom stereocenters. The van der Waals surface area contributed by atoms with Crippen LogP contribution in [-0.4, -0.2) is 121 Å². The lowest BCUT2D eigenvalue weighted by Gasteiger charge is -2.35. The van der Waals surface area contributed by atoms with Crippen LogP contribution in [0.2, 0.25) is 0 Å². The SMILES string of the molecule is CC(Oc1cc(-c2nn(C)c3c(/C(C=NC4CCN(C(=O)COC5CCN(c6cccc7c6C(=O)N(C6CCC(=O)NC6=O)C7=O)CC5)CC4)=C/N)cnc(N)c23)ccc1NS(=O)C(F)F)c1ccc(F)cc1. The maximum Gasteiger partial charge on any atom is 0.330 e. The van der Waals surface area contributed by atoms with Gasteiger partial charge in [0.2, 0.25) is 17.7 Å². The summed E-state index contributed by atoms with van der Waals surface area (Å²) in [5.74, 6) is -5.75. The molecule has 0 saturated carbocycles. The van der Waals surface area contributed by atoms with Crippen LogP contribution in [0, 0.1) is 5.82 Å². The molecule has 23 heteroatoms. The number of imide groups is 2. The van der Waals surface area contributed by atoms with E-state index in [-0.39, 0.29) is 65.9 Å². The predicted molar refractivity (Wildman–Crippen MR) is 266 cm³/mol. The van der Waals surface area contributed by atoms with Crippen molar-refractivity contribution in [3.8, 4) is 17.0 Å². The first-order valence-corrected chi connectivity index (χ1v) is 24.9. The first-order valence-electron chi connectivity index (χ1n) is 23.7. The number of amides is 5. The molecule has 6 heterocycles. The van der Waals surface area contributed by atoms with Gasteiger partial charge in [0.05, 0.1) is 45.6 Å². The number of aromatic nitrogens is 3. The monoisotopic (exact) mass is 1020 g/mol. The molecular weight excluding hydrogens is 972 g/mol. The number of nitrogens with zero attached hydrogens (tertiary/aromatic N) is 7. The molecule has 5 aromatic rings. The lowest BCUT2D eigenvalue weighted by molar-refractivity contribution is -0.139. The lowest BCUT2D eigenvalue weighted by atomic mass is 10.0. The highest BCUT2D eigenvalue weighted by Gasteiger charge is 2.46. The molecule has 9 rings (SSSR count). The van der Waals surface area contributed by atoms with E-state index in [2.05, 4.69) is 15.0 Å². The summed E-state index contributed by atoms with van der Waals surface area (Å²) in [6, 6.07) is 14.1. The van der Waals surface area contributed by atoms with E-state index in [0.717, 1.165) is 4.90 Å². The van der Waals surface area contributed by atoms with Crippen LogP contribution >= 0.6 is 0 Å². The summed E-state index contributed by atoms with van der Waals surface area (Å²) in [6.45, 7) is 3.56. The van der Waals surface area contributed by atoms with Gasteiger partial charge in [-0.2, -0.15) is 13.9 Å². The van der Waals surface area contributed by atoms with Crippen LogP contribution in [0.4, 0.5) is 30.4 Å². The molecule has 0 radical (unpaired) electrons. The number of pyridine rings is 1. The summed E-state index contributed by atoms with van der Waals surface area (Å²) < 4.78 is 68.9. The fraction of sp³-hybridized carbons (Fsp3) is 0.360. The van der Waals surface area contributed by atoms with Crippen LogP contribution in [0.5, 0.6) is 5.75 Å². The highest BCUT2D eigenvalue weighted by molar-refractivity contribution is 7.86. The van der Waals surface area contributed by atoms with Gasteiger partial charge in [-0.05, 0) is 81.0 Å². The fourth-order valence-electron chi connectivity index (χ4n) is 9.70. The van der Waals surface area contributed by atoms with Crippen molar-refractivity contribution < 1.29 is 50.8 Å². The first-order chi connectivity index (χ1) is 35.1. The topological polar surface area (TPSA) is 250 Å². The van der Waals surface area contributed by atoms with Crippen LogP contribution in [0.3, 0.4) is 0 Å². The van der Waals surface area contributed by atoms with Crippen molar-refractivity contribution in [2.24, 2.45) is 17.8 Å². The Labute approximate surface area is 419 Å². The molecule has 73 heavy (non-hydrogen) atoms. The maximum absolute atomic E-state index is 13.7. The summed E-state index contributed by atoms with van der Waals surface area (Å²) in [5.41, 5.74) is 16.9. The Morgan fingerprint density at radius 2 is 1.74 bits per heavy atom. The van der Waals surface area contributed by atoms with Crippen LogP contribution in [0.1, 0.15) is 83.4 Å². The molecule has 3 unspecified atom stereocenters. The number of anilines is 3. The molecule has 382 valence electrons. The van der Waals surface area contributed by atoms with Crippen molar-refractivity contribution in [1.29, 1.82) is 0 Å². The van der Waals surface area contributed by atoms with E-state index in [1.54, 1.807) is 66.3 Å². The largest absolute Gasteiger partial charge is 0.484 e. The van der Waals surface area contributed by atoms with E-state index < -0.39 is 58.3 Å². The Morgan fingerprint density at radius 3 is 2.44 bits per heavy atom. The van der Waals surface area contributed by atoms with Crippen molar-refractivity contribution >= 4 is 80.4 Å². The number of fused-ring (bicyclic) bond motifs is 2. The summed E-state index contributed by atoms with van der Waals surface area (Å²) in [7, 11) is -1.02. The minimum atomic E-state index is -3.17. The Kier molecular flexibility index (Phi) is 14.6. The number of nitrogen functional groups attached to an aromatic ring is 1. The molecule has 19 nitrogen and oxygen atoms in total. The maximum atomic E-state index is 13.7. The molecule has 5 amide bonds. The van der Waals surface area contributed by atoms with Crippen LogP contribution in [0.15, 0.2) is 78.1 Å². The number of nitrogens with one attached hydrogen (secondary N) is 2. The van der Waals surface area contributed by atoms with E-state index in [1.807, 2.05) is 4.90 Å². The van der Waals surface area contributed by atoms with Crippen molar-refractivity contribution in [3.63, 3.8) is 0 Å². The van der Waals surface area contributed by atoms with E-state index in [9.17, 15) is 41.4 Å². The summed E-state index contributed by atoms with van der Waals surface area (Å²) in [6.07, 6.45) is 6.20. The molecule has 3 fully saturated rings. The van der Waals surface area contributed by atoms with E-state index >= 15 is 0 Å². The highest BCUT2D eigenvalue weighted by atomic mass is 32.2. The Bertz CT molecular complexity index is 3080. The van der Waals surface area contributed by atoms with Crippen LogP contribution in [-0.2, 0) is 37.2 Å². The standard InChI is InChI=1S/C50H52F3N11O8S/c1-27(28-6-9-31(51)10-7-28)72-39-22-29(8-11-36(39)60-73(70)50(52)53)44-43-45(61(2)59-44)35(25-57-46(43)55)30(23-54)24-56-32-14-18-63(19-15-32)41(66)26-71-33-16-20-62(21-17-33)37-5-3-4-34-42(37)49(69)64(48(34)68)38-12-13-40(65)58-47(38)67/h3-11,22-25,27,32-33,38,50,60H,12-21,26,54H2,1-2H3,(H2,55,57)(H,58,65,67)/b30-23+,56-24?. The third kappa shape index (κ3) is 10.4. The van der Waals surface area contributed by atoms with Gasteiger partial charge >= 0.3 is 5.76 Å². The molecule has 6 N–H and O–H groups in total. The summed E-state index contributed by atoms with van der Waals surface area (Å²) in [4.78, 5) is 78.7. The second kappa shape index (κ2) is 21.2. The molecule has 3 saturated heterocycles. The zero-order valence-electron chi connectivity index (χ0n) is 39.8. The highest BCUT2D eigenvalue weighted by Crippen LogP contribution is 2.40. The molecule has 2 aromatic heterocycles. The predicted octanol–water partition coefficient (Wildman–Crippen LogP) is 5.24. The number of hydrogen-bond acceptors (Lipinski definition) is 14. The zero-order chi connectivity index (χ0) is 51.7. The number of carbonyl (C=O) groups is 5. The average Bonchev–Trinajstić information content (AvgIpc) is 3.87. The molecule has 0 spiro atoms. The first kappa shape index (κ1) is 50.3. The Balaban J connectivity index is 0.807. The van der Waals surface area contributed by atoms with Crippen molar-refractivity contribution in [1.82, 2.24) is 29.9 Å². The molecule has 0 bridgehead atoms. The van der Waals surface area contributed by atoms with Gasteiger partial charge in [-0.15, -0.1) is 0 Å². The summed E-state index contributed by atoms with van der Waals surface area (Å²) >= 11 is 0. The molecule has 4 aliphatic rings. The van der Waals surface area contributed by atoms with Gasteiger partial charge < -0.3 is 30.7 Å². The number of rotatable bonds is 15. The number of benzene rings is 3. The minimum absolute atomic E-state index is 0.0307. The fourth-order valence-corrected chi connectivity index (χ4v) is 10.2. The molecule has 3 aromatic carbocycles. The van der Waals surface area contributed by atoms with Crippen molar-refractivity contribution in [3.05, 3.63) is 101 Å². The van der Waals surface area contributed by atoms with Gasteiger partial charge in [-0.25, -0.2) is 13.6 Å². The van der Waals surface area contributed by atoms with Gasteiger partial charge in [-0.3, -0.25) is 48.6 Å². The molecular formula is C50H52F3N11O8S. The second-order valence-electron chi connectivity index (χ2n) is 18.1. The number of aliphatic imine (C=N–C) groups is 1. The van der Waals surface area contributed by atoms with Crippen molar-refractivity contribution in [2.45, 2.75) is 75.5 Å². The number of allylic oxidation sites excluding steroid dienone is 1. The normalized spacial score (nSPS) is 19.0. The lowest BCUT2D eigenvalue weighted by Crippen LogP contribution is -2.54. The van der Waals surface area contributed by atoms with E-state index in [0.29, 0.717) is 96.4 Å². The number of halogens is 3.